The Hall–Kier alpha value is 0.354. The van der Waals surface area contributed by atoms with Gasteiger partial charge < -0.3 is 8.85 Å². The van der Waals surface area contributed by atoms with Crippen LogP contribution in [0, 0.1) is 0 Å². The monoisotopic (exact) mass is 542 g/mol. The van der Waals surface area contributed by atoms with Gasteiger partial charge in [-0.25, -0.2) is 0 Å². The van der Waals surface area contributed by atoms with Gasteiger partial charge in [0.05, 0.1) is 11.2 Å². The molecule has 0 saturated heterocycles. The quantitative estimate of drug-likeness (QED) is 0.0843. The zero-order chi connectivity index (χ0) is 27.6. The lowest BCUT2D eigenvalue weighted by atomic mass is 9.90. The molecular weight excluding hydrogens is 473 g/mol. The van der Waals surface area contributed by atoms with Crippen LogP contribution in [-0.4, -0.2) is 27.8 Å². The van der Waals surface area contributed by atoms with Gasteiger partial charge in [0, 0.05) is 0 Å². The van der Waals surface area contributed by atoms with Crippen molar-refractivity contribution in [3.8, 4) is 0 Å². The minimum Gasteiger partial charge on any atom is -0.410 e. The summed E-state index contributed by atoms with van der Waals surface area (Å²) in [6, 6.07) is 2.53. The van der Waals surface area contributed by atoms with Gasteiger partial charge in [0.2, 0.25) is 0 Å². The summed E-state index contributed by atoms with van der Waals surface area (Å²) in [4.78, 5) is 0. The normalized spacial score (nSPS) is 13.5. The van der Waals surface area contributed by atoms with Crippen LogP contribution < -0.4 is 0 Å². The van der Waals surface area contributed by atoms with E-state index in [0.29, 0.717) is 0 Å². The van der Waals surface area contributed by atoms with E-state index in [4.69, 9.17) is 8.85 Å². The van der Waals surface area contributed by atoms with Crippen LogP contribution >= 0.6 is 0 Å². The van der Waals surface area contributed by atoms with Gasteiger partial charge in [-0.15, -0.1) is 0 Å². The van der Waals surface area contributed by atoms with Crippen LogP contribution in [0.25, 0.3) is 0 Å². The average Bonchev–Trinajstić information content (AvgIpc) is 2.75. The van der Waals surface area contributed by atoms with Crippen molar-refractivity contribution in [1.82, 2.24) is 0 Å². The highest BCUT2D eigenvalue weighted by Crippen LogP contribution is 2.37. The molecule has 0 spiro atoms. The first kappa shape index (κ1) is 36.4. The van der Waals surface area contributed by atoms with Crippen LogP contribution in [0.15, 0.2) is 0 Å². The minimum atomic E-state index is -1.73. The molecule has 0 fully saturated rings. The van der Waals surface area contributed by atoms with Gasteiger partial charge in [-0.05, 0) is 66.0 Å². The molecule has 0 heterocycles. The highest BCUT2D eigenvalue weighted by atomic mass is 28.4. The molecule has 0 aromatic carbocycles. The Kier molecular flexibility index (Phi) is 19.6. The van der Waals surface area contributed by atoms with Crippen molar-refractivity contribution in [1.29, 1.82) is 0 Å². The Morgan fingerprint density at radius 1 is 0.389 bits per heavy atom. The van der Waals surface area contributed by atoms with Gasteiger partial charge in [-0.2, -0.15) is 0 Å². The van der Waals surface area contributed by atoms with Crippen LogP contribution in [0.1, 0.15) is 157 Å². The average molecular weight is 543 g/mol. The van der Waals surface area contributed by atoms with Crippen molar-refractivity contribution in [3.63, 3.8) is 0 Å². The van der Waals surface area contributed by atoms with E-state index in [1.807, 2.05) is 0 Å². The van der Waals surface area contributed by atoms with Gasteiger partial charge in [-0.3, -0.25) is 0 Å². The standard InChI is InChI=1S/C32H70O2Si2/c1-11-13-15-17-19-21-23-25-27-29-35(7,8)33-31(3,4)32(5,6)34-36(9,10)30-28-26-24-22-20-18-16-14-12-2/h11-30H2,1-10H3. The molecule has 0 rings (SSSR count). The van der Waals surface area contributed by atoms with Gasteiger partial charge in [0.15, 0.2) is 16.6 Å². The number of rotatable bonds is 25. The molecule has 218 valence electrons. The van der Waals surface area contributed by atoms with E-state index in [-0.39, 0.29) is 11.2 Å². The Bertz CT molecular complexity index is 468. The molecule has 0 aliphatic carbocycles. The van der Waals surface area contributed by atoms with Crippen LogP contribution in [-0.2, 0) is 8.85 Å². The lowest BCUT2D eigenvalue weighted by molar-refractivity contribution is -0.0848. The Morgan fingerprint density at radius 3 is 0.861 bits per heavy atom. The maximum Gasteiger partial charge on any atom is 0.187 e. The summed E-state index contributed by atoms with van der Waals surface area (Å²) >= 11 is 0. The van der Waals surface area contributed by atoms with Crippen molar-refractivity contribution in [2.45, 2.75) is 207 Å². The predicted molar refractivity (Wildman–Crippen MR) is 169 cm³/mol. The summed E-state index contributed by atoms with van der Waals surface area (Å²) in [5.74, 6) is 0. The lowest BCUT2D eigenvalue weighted by Gasteiger charge is -2.49. The van der Waals surface area contributed by atoms with Crippen molar-refractivity contribution >= 4 is 16.6 Å². The molecule has 0 aromatic heterocycles. The fourth-order valence-corrected chi connectivity index (χ4v) is 11.1. The van der Waals surface area contributed by atoms with E-state index in [2.05, 4.69) is 67.7 Å². The highest BCUT2D eigenvalue weighted by Gasteiger charge is 2.45. The second kappa shape index (κ2) is 19.4. The second-order valence-corrected chi connectivity index (χ2v) is 22.3. The smallest absolute Gasteiger partial charge is 0.187 e. The first-order valence-corrected chi connectivity index (χ1v) is 22.4. The molecule has 0 radical (unpaired) electrons. The molecule has 4 heteroatoms. The Balaban J connectivity index is 4.33. The molecule has 2 nitrogen and oxygen atoms in total. The Morgan fingerprint density at radius 2 is 0.611 bits per heavy atom. The molecule has 0 amide bonds. The predicted octanol–water partition coefficient (Wildman–Crippen LogP) is 12.0. The highest BCUT2D eigenvalue weighted by molar-refractivity contribution is 6.71. The van der Waals surface area contributed by atoms with Crippen LogP contribution in [0.5, 0.6) is 0 Å². The van der Waals surface area contributed by atoms with Crippen molar-refractivity contribution in [3.05, 3.63) is 0 Å². The lowest BCUT2D eigenvalue weighted by Crippen LogP contribution is -2.58. The summed E-state index contributed by atoms with van der Waals surface area (Å²) in [5, 5.41) is 0. The summed E-state index contributed by atoms with van der Waals surface area (Å²) in [6.07, 6.45) is 25.1. The molecule has 0 N–H and O–H groups in total. The zero-order valence-electron chi connectivity index (χ0n) is 27.0. The maximum atomic E-state index is 6.94. The molecule has 0 saturated carbocycles. The van der Waals surface area contributed by atoms with Crippen LogP contribution in [0.2, 0.25) is 38.3 Å². The minimum absolute atomic E-state index is 0.259. The van der Waals surface area contributed by atoms with E-state index in [1.165, 1.54) is 128 Å². The summed E-state index contributed by atoms with van der Waals surface area (Å²) in [7, 11) is -3.45. The molecule has 36 heavy (non-hydrogen) atoms. The third-order valence-electron chi connectivity index (χ3n) is 8.28. The summed E-state index contributed by atoms with van der Waals surface area (Å²) in [5.41, 5.74) is -0.518. The molecule has 0 atom stereocenters. The van der Waals surface area contributed by atoms with Crippen LogP contribution in [0.3, 0.4) is 0 Å². The second-order valence-electron chi connectivity index (χ2n) is 13.9. The molecule has 0 aliphatic heterocycles. The molecule has 0 aromatic rings. The van der Waals surface area contributed by atoms with Gasteiger partial charge in [0.25, 0.3) is 0 Å². The SMILES string of the molecule is CCCCCCCCCCC[Si](C)(C)OC(C)(C)C(C)(C)O[Si](C)(C)CCCCCCCCCCC. The molecule has 0 aliphatic rings. The fourth-order valence-electron chi connectivity index (χ4n) is 5.45. The van der Waals surface area contributed by atoms with E-state index in [0.717, 1.165) is 0 Å². The topological polar surface area (TPSA) is 18.5 Å². The van der Waals surface area contributed by atoms with Gasteiger partial charge in [-0.1, -0.05) is 129 Å². The number of hydrogen-bond acceptors (Lipinski definition) is 2. The van der Waals surface area contributed by atoms with Crippen LogP contribution in [0.4, 0.5) is 0 Å². The molecular formula is C32H70O2Si2. The van der Waals surface area contributed by atoms with E-state index in [1.54, 1.807) is 0 Å². The van der Waals surface area contributed by atoms with Gasteiger partial charge >= 0.3 is 0 Å². The zero-order valence-corrected chi connectivity index (χ0v) is 29.0. The van der Waals surface area contributed by atoms with Gasteiger partial charge in [0.1, 0.15) is 0 Å². The fraction of sp³-hybridized carbons (Fsp3) is 1.00. The number of hydrogen-bond donors (Lipinski definition) is 0. The third kappa shape index (κ3) is 18.6. The summed E-state index contributed by atoms with van der Waals surface area (Å²) in [6.45, 7) is 23.4. The number of unbranched alkanes of at least 4 members (excludes halogenated alkanes) is 16. The first-order chi connectivity index (χ1) is 16.8. The molecule has 0 bridgehead atoms. The van der Waals surface area contributed by atoms with E-state index < -0.39 is 16.6 Å². The van der Waals surface area contributed by atoms with Crippen molar-refractivity contribution < 1.29 is 8.85 Å². The third-order valence-corrected chi connectivity index (χ3v) is 13.5. The maximum absolute atomic E-state index is 6.94. The van der Waals surface area contributed by atoms with E-state index >= 15 is 0 Å². The van der Waals surface area contributed by atoms with Crippen molar-refractivity contribution in [2.75, 3.05) is 0 Å². The first-order valence-electron chi connectivity index (χ1n) is 16.2. The summed E-state index contributed by atoms with van der Waals surface area (Å²) < 4.78 is 13.9. The largest absolute Gasteiger partial charge is 0.410 e. The van der Waals surface area contributed by atoms with E-state index in [9.17, 15) is 0 Å². The Labute approximate surface area is 231 Å². The molecule has 0 unspecified atom stereocenters. The van der Waals surface area contributed by atoms with Crippen molar-refractivity contribution in [2.24, 2.45) is 0 Å².